The predicted molar refractivity (Wildman–Crippen MR) is 74.6 cm³/mol. The van der Waals surface area contributed by atoms with E-state index in [0.29, 0.717) is 19.7 Å². The molecule has 20 heavy (non-hydrogen) atoms. The van der Waals surface area contributed by atoms with E-state index in [1.807, 2.05) is 18.7 Å². The quantitative estimate of drug-likeness (QED) is 0.799. The van der Waals surface area contributed by atoms with Gasteiger partial charge in [0.25, 0.3) is 0 Å². The summed E-state index contributed by atoms with van der Waals surface area (Å²) in [5.41, 5.74) is 0. The Labute approximate surface area is 119 Å². The minimum Gasteiger partial charge on any atom is -0.448 e. The number of piperazine rings is 1. The van der Waals surface area contributed by atoms with Crippen molar-refractivity contribution in [3.8, 4) is 0 Å². The minimum absolute atomic E-state index is 0.0165. The normalized spacial score (nSPS) is 20.4. The molecule has 2 aliphatic rings. The molecule has 0 bridgehead atoms. The summed E-state index contributed by atoms with van der Waals surface area (Å²) in [6, 6.07) is 0.185. The van der Waals surface area contributed by atoms with Crippen LogP contribution in [0.25, 0.3) is 0 Å². The molecule has 0 saturated carbocycles. The smallest absolute Gasteiger partial charge is 0.409 e. The van der Waals surface area contributed by atoms with Crippen molar-refractivity contribution in [1.82, 2.24) is 20.0 Å². The van der Waals surface area contributed by atoms with Gasteiger partial charge in [0.2, 0.25) is 0 Å². The maximum absolute atomic E-state index is 11.9. The fourth-order valence-corrected chi connectivity index (χ4v) is 2.40. The van der Waals surface area contributed by atoms with Gasteiger partial charge in [-0.3, -0.25) is 4.90 Å². The van der Waals surface area contributed by atoms with Gasteiger partial charge in [-0.15, -0.1) is 0 Å². The molecule has 2 fully saturated rings. The van der Waals surface area contributed by atoms with Crippen molar-refractivity contribution >= 4 is 12.1 Å². The number of ether oxygens (including phenoxy) is 1. The predicted octanol–water partition coefficient (Wildman–Crippen LogP) is 0.174. The lowest BCUT2D eigenvalue weighted by Gasteiger charge is -2.35. The van der Waals surface area contributed by atoms with E-state index >= 15 is 0 Å². The van der Waals surface area contributed by atoms with Crippen molar-refractivity contribution in [2.24, 2.45) is 0 Å². The summed E-state index contributed by atoms with van der Waals surface area (Å²) in [6.07, 6.45) is -0.208. The molecule has 0 radical (unpaired) electrons. The number of amides is 3. The molecule has 2 heterocycles. The number of nitrogens with zero attached hydrogens (tertiary/aromatic N) is 3. The van der Waals surface area contributed by atoms with Gasteiger partial charge in [0, 0.05) is 45.3 Å². The van der Waals surface area contributed by atoms with Crippen LogP contribution in [0.4, 0.5) is 9.59 Å². The molecule has 0 unspecified atom stereocenters. The highest BCUT2D eigenvalue weighted by atomic mass is 16.6. The molecular formula is C13H24N4O3. The Bertz CT molecular complexity index is 354. The van der Waals surface area contributed by atoms with Gasteiger partial charge in [0.05, 0.1) is 6.54 Å². The maximum Gasteiger partial charge on any atom is 0.409 e. The Morgan fingerprint density at radius 2 is 1.90 bits per heavy atom. The van der Waals surface area contributed by atoms with Gasteiger partial charge in [-0.05, 0) is 13.8 Å². The summed E-state index contributed by atoms with van der Waals surface area (Å²) < 4.78 is 4.90. The number of hydrogen-bond acceptors (Lipinski definition) is 4. The van der Waals surface area contributed by atoms with E-state index in [1.54, 1.807) is 4.90 Å². The van der Waals surface area contributed by atoms with Crippen molar-refractivity contribution in [3.63, 3.8) is 0 Å². The molecule has 7 heteroatoms. The first-order valence-electron chi connectivity index (χ1n) is 7.26. The zero-order valence-corrected chi connectivity index (χ0v) is 12.3. The van der Waals surface area contributed by atoms with Crippen LogP contribution in [0.15, 0.2) is 0 Å². The topological polar surface area (TPSA) is 65.1 Å². The van der Waals surface area contributed by atoms with Gasteiger partial charge in [-0.25, -0.2) is 9.59 Å². The molecule has 2 rings (SSSR count). The monoisotopic (exact) mass is 284 g/mol. The zero-order valence-electron chi connectivity index (χ0n) is 12.3. The SMILES string of the molecule is CC(C)NC(=O)N1CCN(CCN2CCOC2=O)CC1. The van der Waals surface area contributed by atoms with Crippen LogP contribution in [0.2, 0.25) is 0 Å². The third-order valence-electron chi connectivity index (χ3n) is 3.60. The van der Waals surface area contributed by atoms with E-state index < -0.39 is 0 Å². The van der Waals surface area contributed by atoms with Crippen molar-refractivity contribution in [2.45, 2.75) is 19.9 Å². The van der Waals surface area contributed by atoms with E-state index in [9.17, 15) is 9.59 Å². The van der Waals surface area contributed by atoms with Gasteiger partial charge in [0.15, 0.2) is 0 Å². The van der Waals surface area contributed by atoms with Crippen LogP contribution in [0, 0.1) is 0 Å². The highest BCUT2D eigenvalue weighted by Crippen LogP contribution is 2.06. The third kappa shape index (κ3) is 4.00. The third-order valence-corrected chi connectivity index (χ3v) is 3.60. The molecule has 0 aromatic carbocycles. The van der Waals surface area contributed by atoms with E-state index in [4.69, 9.17) is 4.74 Å². The van der Waals surface area contributed by atoms with Crippen LogP contribution in [-0.2, 0) is 4.74 Å². The summed E-state index contributed by atoms with van der Waals surface area (Å²) >= 11 is 0. The molecule has 2 saturated heterocycles. The van der Waals surface area contributed by atoms with Crippen molar-refractivity contribution in [2.75, 3.05) is 52.4 Å². The highest BCUT2D eigenvalue weighted by Gasteiger charge is 2.24. The second-order valence-corrected chi connectivity index (χ2v) is 5.53. The van der Waals surface area contributed by atoms with Crippen LogP contribution in [0.5, 0.6) is 0 Å². The first-order chi connectivity index (χ1) is 9.56. The average molecular weight is 284 g/mol. The molecular weight excluding hydrogens is 260 g/mol. The number of urea groups is 1. The second kappa shape index (κ2) is 6.78. The van der Waals surface area contributed by atoms with Gasteiger partial charge < -0.3 is 19.9 Å². The fraction of sp³-hybridized carbons (Fsp3) is 0.846. The fourth-order valence-electron chi connectivity index (χ4n) is 2.40. The first-order valence-corrected chi connectivity index (χ1v) is 7.26. The Morgan fingerprint density at radius 3 is 2.45 bits per heavy atom. The molecule has 114 valence electrons. The summed E-state index contributed by atoms with van der Waals surface area (Å²) in [5, 5.41) is 2.91. The molecule has 0 aromatic heterocycles. The number of hydrogen-bond donors (Lipinski definition) is 1. The zero-order chi connectivity index (χ0) is 14.5. The average Bonchev–Trinajstić information content (AvgIpc) is 2.82. The lowest BCUT2D eigenvalue weighted by molar-refractivity contribution is 0.127. The molecule has 2 aliphatic heterocycles. The minimum atomic E-state index is -0.208. The largest absolute Gasteiger partial charge is 0.448 e. The summed E-state index contributed by atoms with van der Waals surface area (Å²) in [5.74, 6) is 0. The molecule has 7 nitrogen and oxygen atoms in total. The standard InChI is InChI=1S/C13H24N4O3/c1-11(2)14-12(18)16-6-3-15(4-7-16)5-8-17-9-10-20-13(17)19/h11H,3-10H2,1-2H3,(H,14,18). The van der Waals surface area contributed by atoms with E-state index in [1.165, 1.54) is 0 Å². The van der Waals surface area contributed by atoms with E-state index in [2.05, 4.69) is 10.2 Å². The summed E-state index contributed by atoms with van der Waals surface area (Å²) in [4.78, 5) is 29.0. The van der Waals surface area contributed by atoms with Crippen LogP contribution < -0.4 is 5.32 Å². The van der Waals surface area contributed by atoms with Gasteiger partial charge in [-0.1, -0.05) is 0 Å². The van der Waals surface area contributed by atoms with E-state index in [-0.39, 0.29) is 18.2 Å². The lowest BCUT2D eigenvalue weighted by atomic mass is 10.3. The van der Waals surface area contributed by atoms with Crippen molar-refractivity contribution in [1.29, 1.82) is 0 Å². The van der Waals surface area contributed by atoms with Crippen LogP contribution in [-0.4, -0.2) is 85.3 Å². The Kier molecular flexibility index (Phi) is 5.05. The molecule has 0 spiro atoms. The maximum atomic E-state index is 11.9. The number of rotatable bonds is 4. The summed E-state index contributed by atoms with van der Waals surface area (Å²) in [6.45, 7) is 9.85. The molecule has 0 aromatic rings. The Morgan fingerprint density at radius 1 is 1.20 bits per heavy atom. The lowest BCUT2D eigenvalue weighted by Crippen LogP contribution is -2.53. The molecule has 1 N–H and O–H groups in total. The van der Waals surface area contributed by atoms with Crippen molar-refractivity contribution < 1.29 is 14.3 Å². The number of carbonyl (C=O) groups excluding carboxylic acids is 2. The van der Waals surface area contributed by atoms with Gasteiger partial charge in [0.1, 0.15) is 6.61 Å². The van der Waals surface area contributed by atoms with Crippen molar-refractivity contribution in [3.05, 3.63) is 0 Å². The number of carbonyl (C=O) groups is 2. The molecule has 3 amide bonds. The van der Waals surface area contributed by atoms with Crippen LogP contribution in [0.1, 0.15) is 13.8 Å². The number of cyclic esters (lactones) is 1. The van der Waals surface area contributed by atoms with E-state index in [0.717, 1.165) is 32.7 Å². The second-order valence-electron chi connectivity index (χ2n) is 5.53. The van der Waals surface area contributed by atoms with Gasteiger partial charge in [-0.2, -0.15) is 0 Å². The van der Waals surface area contributed by atoms with Crippen LogP contribution >= 0.6 is 0 Å². The Hall–Kier alpha value is -1.50. The van der Waals surface area contributed by atoms with Crippen LogP contribution in [0.3, 0.4) is 0 Å². The molecule has 0 atom stereocenters. The highest BCUT2D eigenvalue weighted by molar-refractivity contribution is 5.74. The number of nitrogens with one attached hydrogen (secondary N) is 1. The van der Waals surface area contributed by atoms with Gasteiger partial charge >= 0.3 is 12.1 Å². The summed E-state index contributed by atoms with van der Waals surface area (Å²) in [7, 11) is 0. The molecule has 0 aliphatic carbocycles. The Balaban J connectivity index is 1.66. The first kappa shape index (κ1) is 14.9.